The Morgan fingerprint density at radius 2 is 1.67 bits per heavy atom. The summed E-state index contributed by atoms with van der Waals surface area (Å²) in [5, 5.41) is 12.3. The first kappa shape index (κ1) is 16.4. The zero-order valence-electron chi connectivity index (χ0n) is 14.3. The molecule has 0 radical (unpaired) electrons. The highest BCUT2D eigenvalue weighted by molar-refractivity contribution is 7.80. The van der Waals surface area contributed by atoms with Gasteiger partial charge in [-0.25, -0.2) is 9.67 Å². The Kier molecular flexibility index (Phi) is 4.49. The van der Waals surface area contributed by atoms with Crippen molar-refractivity contribution < 1.29 is 0 Å². The maximum absolute atomic E-state index is 5.40. The molecule has 1 aromatic carbocycles. The number of nitrogens with zero attached hydrogens (tertiary/aromatic N) is 3. The van der Waals surface area contributed by atoms with E-state index in [2.05, 4.69) is 66.6 Å². The number of benzene rings is 1. The molecule has 0 aliphatic heterocycles. The average molecular weight is 339 g/mol. The molecule has 0 bridgehead atoms. The molecule has 0 fully saturated rings. The largest absolute Gasteiger partial charge is 0.332 e. The molecule has 6 heteroatoms. The van der Waals surface area contributed by atoms with Gasteiger partial charge in [-0.3, -0.25) is 0 Å². The summed E-state index contributed by atoms with van der Waals surface area (Å²) in [5.74, 6) is 0. The van der Waals surface area contributed by atoms with Crippen LogP contribution in [0.3, 0.4) is 0 Å². The van der Waals surface area contributed by atoms with Crippen LogP contribution in [0, 0.1) is 13.8 Å². The van der Waals surface area contributed by atoms with Crippen LogP contribution >= 0.6 is 12.2 Å². The van der Waals surface area contributed by atoms with Crippen LogP contribution in [-0.4, -0.2) is 19.9 Å². The number of rotatable bonds is 3. The van der Waals surface area contributed by atoms with Crippen molar-refractivity contribution in [1.29, 1.82) is 0 Å². The second-order valence-electron chi connectivity index (χ2n) is 6.28. The standard InChI is InChI=1S/C18H21N5S/c1-11(2)23-17-14(9-20-23)8-16(10-19-17)22-18(24)21-15-6-12(3)5-13(4)7-15/h5-11H,1-4H3,(H2,21,22,24). The molecular formula is C18H21N5S. The van der Waals surface area contributed by atoms with E-state index < -0.39 is 0 Å². The molecule has 0 spiro atoms. The Hall–Kier alpha value is -2.47. The smallest absolute Gasteiger partial charge is 0.175 e. The van der Waals surface area contributed by atoms with E-state index in [0.29, 0.717) is 5.11 Å². The van der Waals surface area contributed by atoms with Crippen LogP contribution in [0.2, 0.25) is 0 Å². The number of fused-ring (bicyclic) bond motifs is 1. The topological polar surface area (TPSA) is 54.8 Å². The van der Waals surface area contributed by atoms with Crippen LogP contribution in [0.25, 0.3) is 11.0 Å². The third-order valence-electron chi connectivity index (χ3n) is 3.66. The van der Waals surface area contributed by atoms with Crippen molar-refractivity contribution in [3.63, 3.8) is 0 Å². The van der Waals surface area contributed by atoms with Crippen molar-refractivity contribution in [2.75, 3.05) is 10.6 Å². The Morgan fingerprint density at radius 1 is 1.00 bits per heavy atom. The number of anilines is 2. The Balaban J connectivity index is 1.75. The second-order valence-corrected chi connectivity index (χ2v) is 6.68. The average Bonchev–Trinajstić information content (AvgIpc) is 2.89. The maximum atomic E-state index is 5.40. The zero-order chi connectivity index (χ0) is 17.3. The van der Waals surface area contributed by atoms with Crippen LogP contribution in [0.4, 0.5) is 11.4 Å². The van der Waals surface area contributed by atoms with E-state index in [4.69, 9.17) is 12.2 Å². The minimum atomic E-state index is 0.279. The van der Waals surface area contributed by atoms with Crippen LogP contribution in [-0.2, 0) is 0 Å². The Labute approximate surface area is 147 Å². The number of aryl methyl sites for hydroxylation is 2. The summed E-state index contributed by atoms with van der Waals surface area (Å²) in [6.07, 6.45) is 3.60. The summed E-state index contributed by atoms with van der Waals surface area (Å²) in [5.41, 5.74) is 5.09. The quantitative estimate of drug-likeness (QED) is 0.691. The lowest BCUT2D eigenvalue weighted by molar-refractivity contribution is 0.546. The molecule has 0 saturated carbocycles. The maximum Gasteiger partial charge on any atom is 0.175 e. The van der Waals surface area contributed by atoms with E-state index in [-0.39, 0.29) is 6.04 Å². The summed E-state index contributed by atoms with van der Waals surface area (Å²) in [7, 11) is 0. The van der Waals surface area contributed by atoms with Crippen molar-refractivity contribution in [1.82, 2.24) is 14.8 Å². The van der Waals surface area contributed by atoms with Gasteiger partial charge in [-0.1, -0.05) is 6.07 Å². The van der Waals surface area contributed by atoms with Gasteiger partial charge in [0.1, 0.15) is 0 Å². The lowest BCUT2D eigenvalue weighted by Crippen LogP contribution is -2.19. The number of nitrogens with one attached hydrogen (secondary N) is 2. The van der Waals surface area contributed by atoms with Crippen molar-refractivity contribution in [3.05, 3.63) is 47.8 Å². The molecule has 0 saturated heterocycles. The van der Waals surface area contributed by atoms with Crippen LogP contribution in [0.15, 0.2) is 36.7 Å². The highest BCUT2D eigenvalue weighted by Crippen LogP contribution is 2.19. The molecule has 0 amide bonds. The number of pyridine rings is 1. The van der Waals surface area contributed by atoms with Crippen LogP contribution in [0.5, 0.6) is 0 Å². The fourth-order valence-corrected chi connectivity index (χ4v) is 2.96. The Morgan fingerprint density at radius 3 is 2.33 bits per heavy atom. The van der Waals surface area contributed by atoms with E-state index in [1.54, 1.807) is 6.20 Å². The third kappa shape index (κ3) is 3.54. The van der Waals surface area contributed by atoms with E-state index in [1.165, 1.54) is 11.1 Å². The van der Waals surface area contributed by atoms with Crippen molar-refractivity contribution in [2.24, 2.45) is 0 Å². The predicted octanol–water partition coefficient (Wildman–Crippen LogP) is 4.44. The van der Waals surface area contributed by atoms with Crippen molar-refractivity contribution >= 4 is 39.7 Å². The first-order chi connectivity index (χ1) is 11.4. The van der Waals surface area contributed by atoms with Gasteiger partial charge < -0.3 is 10.6 Å². The van der Waals surface area contributed by atoms with Gasteiger partial charge in [0.15, 0.2) is 10.8 Å². The van der Waals surface area contributed by atoms with E-state index in [9.17, 15) is 0 Å². The SMILES string of the molecule is Cc1cc(C)cc(NC(=S)Nc2cnc3c(cnn3C(C)C)c2)c1. The number of hydrogen-bond donors (Lipinski definition) is 2. The molecule has 5 nitrogen and oxygen atoms in total. The normalized spacial score (nSPS) is 11.0. The van der Waals surface area contributed by atoms with Gasteiger partial charge in [-0.2, -0.15) is 5.10 Å². The molecule has 0 aliphatic carbocycles. The minimum Gasteiger partial charge on any atom is -0.332 e. The summed E-state index contributed by atoms with van der Waals surface area (Å²) >= 11 is 5.40. The van der Waals surface area contributed by atoms with Crippen molar-refractivity contribution in [2.45, 2.75) is 33.7 Å². The van der Waals surface area contributed by atoms with E-state index in [1.807, 2.05) is 16.9 Å². The molecule has 0 atom stereocenters. The minimum absolute atomic E-state index is 0.279. The third-order valence-corrected chi connectivity index (χ3v) is 3.86. The fourth-order valence-electron chi connectivity index (χ4n) is 2.73. The Bertz CT molecular complexity index is 877. The molecule has 2 aromatic heterocycles. The van der Waals surface area contributed by atoms with E-state index >= 15 is 0 Å². The van der Waals surface area contributed by atoms with Gasteiger partial charge in [0.25, 0.3) is 0 Å². The van der Waals surface area contributed by atoms with E-state index in [0.717, 1.165) is 22.4 Å². The molecule has 2 heterocycles. The van der Waals surface area contributed by atoms with Gasteiger partial charge in [0, 0.05) is 17.1 Å². The lowest BCUT2D eigenvalue weighted by atomic mass is 10.1. The highest BCUT2D eigenvalue weighted by atomic mass is 32.1. The number of aromatic nitrogens is 3. The summed E-state index contributed by atoms with van der Waals surface area (Å²) in [6.45, 7) is 8.31. The van der Waals surface area contributed by atoms with Gasteiger partial charge in [0.2, 0.25) is 0 Å². The number of thiocarbonyl (C=S) groups is 1. The molecule has 0 aliphatic rings. The fraction of sp³-hybridized carbons (Fsp3) is 0.278. The highest BCUT2D eigenvalue weighted by Gasteiger charge is 2.08. The molecule has 3 aromatic rings. The van der Waals surface area contributed by atoms with Gasteiger partial charge in [-0.05, 0) is 69.2 Å². The second kappa shape index (κ2) is 6.57. The summed E-state index contributed by atoms with van der Waals surface area (Å²) < 4.78 is 1.91. The first-order valence-electron chi connectivity index (χ1n) is 7.92. The molecule has 2 N–H and O–H groups in total. The van der Waals surface area contributed by atoms with Crippen molar-refractivity contribution in [3.8, 4) is 0 Å². The number of hydrogen-bond acceptors (Lipinski definition) is 3. The molecule has 0 unspecified atom stereocenters. The predicted molar refractivity (Wildman–Crippen MR) is 104 cm³/mol. The first-order valence-corrected chi connectivity index (χ1v) is 8.33. The molecule has 124 valence electrons. The summed E-state index contributed by atoms with van der Waals surface area (Å²) in [6, 6.07) is 8.54. The monoisotopic (exact) mass is 339 g/mol. The zero-order valence-corrected chi connectivity index (χ0v) is 15.1. The van der Waals surface area contributed by atoms with Gasteiger partial charge >= 0.3 is 0 Å². The lowest BCUT2D eigenvalue weighted by Gasteiger charge is -2.12. The van der Waals surface area contributed by atoms with Crippen LogP contribution in [0.1, 0.15) is 31.0 Å². The molecular weight excluding hydrogens is 318 g/mol. The van der Waals surface area contributed by atoms with Gasteiger partial charge in [0.05, 0.1) is 18.1 Å². The van der Waals surface area contributed by atoms with Gasteiger partial charge in [-0.15, -0.1) is 0 Å². The van der Waals surface area contributed by atoms with Crippen LogP contribution < -0.4 is 10.6 Å². The molecule has 3 rings (SSSR count). The molecule has 24 heavy (non-hydrogen) atoms. The summed E-state index contributed by atoms with van der Waals surface area (Å²) in [4.78, 5) is 4.50.